The molecule has 1 unspecified atom stereocenters. The molecule has 0 spiro atoms. The molecule has 0 radical (unpaired) electrons. The van der Waals surface area contributed by atoms with E-state index in [9.17, 15) is 0 Å². The number of fused-ring (bicyclic) bond motifs is 1. The molecule has 0 bridgehead atoms. The van der Waals surface area contributed by atoms with Crippen LogP contribution in [-0.2, 0) is 11.2 Å². The molecule has 3 aromatic rings. The van der Waals surface area contributed by atoms with Crippen molar-refractivity contribution in [2.45, 2.75) is 12.5 Å². The summed E-state index contributed by atoms with van der Waals surface area (Å²) in [4.78, 5) is 6.73. The molecular weight excluding hydrogens is 278 g/mol. The van der Waals surface area contributed by atoms with E-state index in [1.54, 1.807) is 12.5 Å². The molecule has 1 aliphatic rings. The van der Waals surface area contributed by atoms with Crippen LogP contribution < -0.4 is 4.90 Å². The molecule has 1 aromatic carbocycles. The van der Waals surface area contributed by atoms with Gasteiger partial charge in [-0.15, -0.1) is 10.2 Å². The van der Waals surface area contributed by atoms with E-state index in [0.717, 1.165) is 31.0 Å². The summed E-state index contributed by atoms with van der Waals surface area (Å²) >= 11 is 0. The minimum Gasteiger partial charge on any atom is -0.374 e. The number of rotatable bonds is 3. The number of morpholine rings is 1. The first-order chi connectivity index (χ1) is 10.9. The highest BCUT2D eigenvalue weighted by molar-refractivity contribution is 5.63. The Morgan fingerprint density at radius 3 is 3.05 bits per heavy atom. The lowest BCUT2D eigenvalue weighted by Gasteiger charge is -2.33. The summed E-state index contributed by atoms with van der Waals surface area (Å²) in [6.07, 6.45) is 6.42. The molecule has 2 aromatic heterocycles. The van der Waals surface area contributed by atoms with Crippen molar-refractivity contribution in [3.8, 4) is 0 Å². The SMILES string of the molecule is c1ccc(CC2CN(c3nccn4cnnc34)CCO2)cc1. The molecular formula is C16H17N5O. The summed E-state index contributed by atoms with van der Waals surface area (Å²) in [5, 5.41) is 8.13. The zero-order valence-corrected chi connectivity index (χ0v) is 12.2. The molecule has 22 heavy (non-hydrogen) atoms. The van der Waals surface area contributed by atoms with Gasteiger partial charge in [0.2, 0.25) is 5.65 Å². The largest absolute Gasteiger partial charge is 0.374 e. The Morgan fingerprint density at radius 1 is 1.23 bits per heavy atom. The van der Waals surface area contributed by atoms with Crippen LogP contribution in [0.4, 0.5) is 5.82 Å². The maximum absolute atomic E-state index is 5.91. The van der Waals surface area contributed by atoms with Crippen LogP contribution >= 0.6 is 0 Å². The summed E-state index contributed by atoms with van der Waals surface area (Å²) in [5.41, 5.74) is 2.09. The first-order valence-corrected chi connectivity index (χ1v) is 7.45. The lowest BCUT2D eigenvalue weighted by atomic mass is 10.1. The monoisotopic (exact) mass is 295 g/mol. The van der Waals surface area contributed by atoms with E-state index in [-0.39, 0.29) is 6.10 Å². The van der Waals surface area contributed by atoms with Crippen molar-refractivity contribution < 1.29 is 4.74 Å². The number of aromatic nitrogens is 4. The van der Waals surface area contributed by atoms with E-state index < -0.39 is 0 Å². The van der Waals surface area contributed by atoms with Crippen LogP contribution in [0.25, 0.3) is 5.65 Å². The van der Waals surface area contributed by atoms with Gasteiger partial charge in [0, 0.05) is 31.9 Å². The lowest BCUT2D eigenvalue weighted by molar-refractivity contribution is 0.0409. The molecule has 0 saturated carbocycles. The minimum absolute atomic E-state index is 0.168. The summed E-state index contributed by atoms with van der Waals surface area (Å²) < 4.78 is 7.81. The maximum Gasteiger partial charge on any atom is 0.203 e. The number of benzene rings is 1. The molecule has 6 nitrogen and oxygen atoms in total. The van der Waals surface area contributed by atoms with Crippen LogP contribution in [-0.4, -0.2) is 45.4 Å². The van der Waals surface area contributed by atoms with Gasteiger partial charge in [-0.2, -0.15) is 0 Å². The quantitative estimate of drug-likeness (QED) is 0.734. The third-order valence-electron chi connectivity index (χ3n) is 3.94. The Hall–Kier alpha value is -2.47. The van der Waals surface area contributed by atoms with Gasteiger partial charge in [0.1, 0.15) is 6.33 Å². The van der Waals surface area contributed by atoms with Crippen molar-refractivity contribution in [3.63, 3.8) is 0 Å². The summed E-state index contributed by atoms with van der Waals surface area (Å²) in [6, 6.07) is 10.4. The third kappa shape index (κ3) is 2.53. The van der Waals surface area contributed by atoms with Gasteiger partial charge in [-0.25, -0.2) is 4.98 Å². The van der Waals surface area contributed by atoms with Crippen molar-refractivity contribution >= 4 is 11.5 Å². The van der Waals surface area contributed by atoms with Crippen LogP contribution in [0.1, 0.15) is 5.56 Å². The molecule has 6 heteroatoms. The van der Waals surface area contributed by atoms with Crippen LogP contribution in [0.3, 0.4) is 0 Å². The van der Waals surface area contributed by atoms with E-state index in [1.165, 1.54) is 5.56 Å². The highest BCUT2D eigenvalue weighted by Crippen LogP contribution is 2.20. The summed E-state index contributed by atoms with van der Waals surface area (Å²) in [5.74, 6) is 0.876. The normalized spacial score (nSPS) is 18.7. The Morgan fingerprint density at radius 2 is 2.14 bits per heavy atom. The topological polar surface area (TPSA) is 55.6 Å². The van der Waals surface area contributed by atoms with Gasteiger partial charge in [0.15, 0.2) is 5.82 Å². The summed E-state index contributed by atoms with van der Waals surface area (Å²) in [7, 11) is 0. The van der Waals surface area contributed by atoms with Crippen molar-refractivity contribution in [3.05, 3.63) is 54.6 Å². The maximum atomic E-state index is 5.91. The number of hydrogen-bond acceptors (Lipinski definition) is 5. The zero-order chi connectivity index (χ0) is 14.8. The Labute approximate surface area is 128 Å². The molecule has 1 fully saturated rings. The van der Waals surface area contributed by atoms with Gasteiger partial charge in [-0.05, 0) is 5.56 Å². The second kappa shape index (κ2) is 5.73. The third-order valence-corrected chi connectivity index (χ3v) is 3.94. The van der Waals surface area contributed by atoms with E-state index in [2.05, 4.69) is 44.3 Å². The van der Waals surface area contributed by atoms with Gasteiger partial charge in [-0.1, -0.05) is 30.3 Å². The molecule has 3 heterocycles. The number of anilines is 1. The van der Waals surface area contributed by atoms with Gasteiger partial charge >= 0.3 is 0 Å². The lowest BCUT2D eigenvalue weighted by Crippen LogP contribution is -2.44. The fourth-order valence-electron chi connectivity index (χ4n) is 2.88. The van der Waals surface area contributed by atoms with Crippen molar-refractivity contribution in [2.75, 3.05) is 24.6 Å². The van der Waals surface area contributed by atoms with Crippen molar-refractivity contribution in [2.24, 2.45) is 0 Å². The fourth-order valence-corrected chi connectivity index (χ4v) is 2.88. The fraction of sp³-hybridized carbons (Fsp3) is 0.312. The smallest absolute Gasteiger partial charge is 0.203 e. The standard InChI is InChI=1S/C16H17N5O/c1-2-4-13(5-3-1)10-14-11-20(8-9-22-14)15-16-19-18-12-21(16)7-6-17-15/h1-7,12,14H,8-11H2. The van der Waals surface area contributed by atoms with Crippen LogP contribution in [0.15, 0.2) is 49.1 Å². The molecule has 0 N–H and O–H groups in total. The van der Waals surface area contributed by atoms with Gasteiger partial charge in [-0.3, -0.25) is 4.40 Å². The number of ether oxygens (including phenoxy) is 1. The van der Waals surface area contributed by atoms with Gasteiger partial charge < -0.3 is 9.64 Å². The molecule has 112 valence electrons. The Kier molecular flexibility index (Phi) is 3.44. The molecule has 4 rings (SSSR count). The highest BCUT2D eigenvalue weighted by atomic mass is 16.5. The molecule has 0 aliphatic carbocycles. The van der Waals surface area contributed by atoms with E-state index in [0.29, 0.717) is 6.61 Å². The Bertz CT molecular complexity index is 757. The van der Waals surface area contributed by atoms with Crippen LogP contribution in [0.2, 0.25) is 0 Å². The van der Waals surface area contributed by atoms with Crippen molar-refractivity contribution in [1.82, 2.24) is 19.6 Å². The zero-order valence-electron chi connectivity index (χ0n) is 12.2. The summed E-state index contributed by atoms with van der Waals surface area (Å²) in [6.45, 7) is 2.34. The van der Waals surface area contributed by atoms with Crippen LogP contribution in [0, 0.1) is 0 Å². The van der Waals surface area contributed by atoms with Gasteiger partial charge in [0.25, 0.3) is 0 Å². The van der Waals surface area contributed by atoms with Crippen molar-refractivity contribution in [1.29, 1.82) is 0 Å². The predicted octanol–water partition coefficient (Wildman–Crippen LogP) is 1.57. The van der Waals surface area contributed by atoms with E-state index in [1.807, 2.05) is 16.7 Å². The second-order valence-electron chi connectivity index (χ2n) is 5.44. The first kappa shape index (κ1) is 13.2. The molecule has 1 atom stereocenters. The molecule has 1 aliphatic heterocycles. The second-order valence-corrected chi connectivity index (χ2v) is 5.44. The van der Waals surface area contributed by atoms with Crippen LogP contribution in [0.5, 0.6) is 0 Å². The predicted molar refractivity (Wildman–Crippen MR) is 82.9 cm³/mol. The minimum atomic E-state index is 0.168. The molecule has 1 saturated heterocycles. The Balaban J connectivity index is 1.55. The average Bonchev–Trinajstić information content (AvgIpc) is 3.04. The van der Waals surface area contributed by atoms with E-state index >= 15 is 0 Å². The molecule has 0 amide bonds. The average molecular weight is 295 g/mol. The highest BCUT2D eigenvalue weighted by Gasteiger charge is 2.23. The van der Waals surface area contributed by atoms with E-state index in [4.69, 9.17) is 4.74 Å². The van der Waals surface area contributed by atoms with Gasteiger partial charge in [0.05, 0.1) is 12.7 Å². The number of nitrogens with zero attached hydrogens (tertiary/aromatic N) is 5. The first-order valence-electron chi connectivity index (χ1n) is 7.45. The number of hydrogen-bond donors (Lipinski definition) is 0.